The summed E-state index contributed by atoms with van der Waals surface area (Å²) in [5, 5.41) is 0. The van der Waals surface area contributed by atoms with Crippen LogP contribution >= 0.6 is 0 Å². The highest BCUT2D eigenvalue weighted by Crippen LogP contribution is 2.49. The Labute approximate surface area is 122 Å². The fraction of sp³-hybridized carbons (Fsp3) is 0.526. The number of aliphatic imine (C=N–C) groups is 1. The van der Waals surface area contributed by atoms with E-state index in [1.165, 1.54) is 28.7 Å². The van der Waals surface area contributed by atoms with Gasteiger partial charge < -0.3 is 0 Å². The van der Waals surface area contributed by atoms with Crippen LogP contribution < -0.4 is 0 Å². The molecule has 1 unspecified atom stereocenters. The molecule has 0 N–H and O–H groups in total. The van der Waals surface area contributed by atoms with Gasteiger partial charge in [0.1, 0.15) is 0 Å². The molecule has 0 spiro atoms. The third-order valence-electron chi connectivity index (χ3n) is 5.56. The van der Waals surface area contributed by atoms with Crippen LogP contribution in [0.1, 0.15) is 63.3 Å². The van der Waals surface area contributed by atoms with Crippen molar-refractivity contribution in [2.75, 3.05) is 0 Å². The Kier molecular flexibility index (Phi) is 2.77. The molecule has 0 radical (unpaired) electrons. The van der Waals surface area contributed by atoms with Gasteiger partial charge in [0.2, 0.25) is 0 Å². The number of rotatable bonds is 1. The summed E-state index contributed by atoms with van der Waals surface area (Å²) in [5.74, 6) is 0.705. The highest BCUT2D eigenvalue weighted by atomic mass is 14.8. The van der Waals surface area contributed by atoms with Gasteiger partial charge >= 0.3 is 0 Å². The number of allylic oxidation sites excluding steroid dienone is 1. The van der Waals surface area contributed by atoms with E-state index in [9.17, 15) is 0 Å². The monoisotopic (exact) mass is 267 g/mol. The first-order chi connectivity index (χ1) is 9.23. The van der Waals surface area contributed by atoms with E-state index in [-0.39, 0.29) is 10.8 Å². The second kappa shape index (κ2) is 4.07. The maximum Gasteiger partial charge on any atom is 0.0720 e. The Hall–Kier alpha value is -1.37. The van der Waals surface area contributed by atoms with Crippen molar-refractivity contribution in [3.05, 3.63) is 46.7 Å². The van der Waals surface area contributed by atoms with Crippen molar-refractivity contribution in [3.8, 4) is 0 Å². The number of fused-ring (bicyclic) bond motifs is 1. The summed E-state index contributed by atoms with van der Waals surface area (Å²) < 4.78 is 0. The van der Waals surface area contributed by atoms with Gasteiger partial charge in [-0.3, -0.25) is 4.99 Å². The summed E-state index contributed by atoms with van der Waals surface area (Å²) in [5.41, 5.74) is 7.36. The van der Waals surface area contributed by atoms with Gasteiger partial charge in [-0.25, -0.2) is 0 Å². The van der Waals surface area contributed by atoms with Crippen molar-refractivity contribution in [3.63, 3.8) is 0 Å². The van der Waals surface area contributed by atoms with E-state index in [0.29, 0.717) is 5.92 Å². The van der Waals surface area contributed by atoms with Gasteiger partial charge in [-0.15, -0.1) is 0 Å². The molecule has 1 nitrogen and oxygen atoms in total. The molecule has 0 saturated carbocycles. The van der Waals surface area contributed by atoms with E-state index in [1.807, 2.05) is 6.20 Å². The van der Waals surface area contributed by atoms with Gasteiger partial charge in [-0.2, -0.15) is 0 Å². The normalized spacial score (nSPS) is 25.7. The SMILES string of the molecule is Cc1cc2c(cc1C1=NC=C1)C(C)(C)CC(C)C2(C)C. The van der Waals surface area contributed by atoms with Gasteiger partial charge in [-0.05, 0) is 58.9 Å². The van der Waals surface area contributed by atoms with E-state index in [4.69, 9.17) is 0 Å². The van der Waals surface area contributed by atoms with E-state index >= 15 is 0 Å². The highest BCUT2D eigenvalue weighted by Gasteiger charge is 2.42. The van der Waals surface area contributed by atoms with E-state index in [2.05, 4.69) is 64.7 Å². The minimum Gasteiger partial charge on any atom is -0.256 e. The minimum absolute atomic E-state index is 0.251. The van der Waals surface area contributed by atoms with Gasteiger partial charge in [0.25, 0.3) is 0 Å². The first-order valence-electron chi connectivity index (χ1n) is 7.64. The van der Waals surface area contributed by atoms with E-state index in [0.717, 1.165) is 5.71 Å². The molecule has 1 aliphatic heterocycles. The summed E-state index contributed by atoms with van der Waals surface area (Å²) in [4.78, 5) is 4.38. The highest BCUT2D eigenvalue weighted by molar-refractivity contribution is 6.13. The van der Waals surface area contributed by atoms with Crippen molar-refractivity contribution in [1.29, 1.82) is 0 Å². The predicted molar refractivity (Wildman–Crippen MR) is 86.7 cm³/mol. The average molecular weight is 267 g/mol. The number of benzene rings is 1. The molecule has 2 aliphatic rings. The van der Waals surface area contributed by atoms with Crippen LogP contribution in [0.5, 0.6) is 0 Å². The number of hydrogen-bond donors (Lipinski definition) is 0. The van der Waals surface area contributed by atoms with Crippen molar-refractivity contribution in [1.82, 2.24) is 0 Å². The maximum atomic E-state index is 4.38. The third kappa shape index (κ3) is 1.79. The fourth-order valence-corrected chi connectivity index (χ4v) is 3.78. The van der Waals surface area contributed by atoms with Crippen molar-refractivity contribution < 1.29 is 0 Å². The summed E-state index contributed by atoms with van der Waals surface area (Å²) in [6.07, 6.45) is 5.24. The molecular formula is C19H25N. The first kappa shape index (κ1) is 13.6. The van der Waals surface area contributed by atoms with Crippen LogP contribution in [0.3, 0.4) is 0 Å². The van der Waals surface area contributed by atoms with E-state index < -0.39 is 0 Å². The Morgan fingerprint density at radius 2 is 1.75 bits per heavy atom. The molecular weight excluding hydrogens is 242 g/mol. The van der Waals surface area contributed by atoms with Gasteiger partial charge in [0.05, 0.1) is 5.71 Å². The molecule has 20 heavy (non-hydrogen) atoms. The average Bonchev–Trinajstić information content (AvgIpc) is 2.26. The quantitative estimate of drug-likeness (QED) is 0.686. The largest absolute Gasteiger partial charge is 0.256 e. The van der Waals surface area contributed by atoms with Crippen molar-refractivity contribution in [2.24, 2.45) is 10.9 Å². The van der Waals surface area contributed by atoms with Crippen LogP contribution in [0.15, 0.2) is 29.4 Å². The Morgan fingerprint density at radius 3 is 2.30 bits per heavy atom. The fourth-order valence-electron chi connectivity index (χ4n) is 3.78. The molecule has 0 bridgehead atoms. The lowest BCUT2D eigenvalue weighted by Crippen LogP contribution is -2.40. The van der Waals surface area contributed by atoms with Gasteiger partial charge in [0.15, 0.2) is 0 Å². The molecule has 0 saturated heterocycles. The molecule has 0 fully saturated rings. The predicted octanol–water partition coefficient (Wildman–Crippen LogP) is 4.91. The topological polar surface area (TPSA) is 12.4 Å². The number of nitrogens with zero attached hydrogens (tertiary/aromatic N) is 1. The second-order valence-corrected chi connectivity index (χ2v) is 7.75. The zero-order valence-corrected chi connectivity index (χ0v) is 13.5. The first-order valence-corrected chi connectivity index (χ1v) is 7.64. The summed E-state index contributed by atoms with van der Waals surface area (Å²) in [7, 11) is 0. The van der Waals surface area contributed by atoms with Crippen molar-refractivity contribution in [2.45, 2.75) is 58.8 Å². The molecule has 106 valence electrons. The third-order valence-corrected chi connectivity index (χ3v) is 5.56. The zero-order chi connectivity index (χ0) is 14.7. The lowest BCUT2D eigenvalue weighted by Gasteiger charge is -2.47. The number of hydrogen-bond acceptors (Lipinski definition) is 1. The molecule has 1 heteroatoms. The Morgan fingerprint density at radius 1 is 1.10 bits per heavy atom. The zero-order valence-electron chi connectivity index (χ0n) is 13.5. The standard InChI is InChI=1S/C19H25N/c1-12-9-16-15(10-14(12)17-7-8-20-17)18(3,4)11-13(2)19(16,5)6/h7-10,13H,11H2,1-6H3. The molecule has 1 aromatic rings. The van der Waals surface area contributed by atoms with Gasteiger partial charge in [-0.1, -0.05) is 40.7 Å². The number of aryl methyl sites for hydroxylation is 1. The van der Waals surface area contributed by atoms with Crippen LogP contribution in [-0.4, -0.2) is 5.71 Å². The molecule has 3 rings (SSSR count). The van der Waals surface area contributed by atoms with Crippen LogP contribution in [0, 0.1) is 12.8 Å². The molecule has 0 aromatic heterocycles. The van der Waals surface area contributed by atoms with Crippen LogP contribution in [-0.2, 0) is 10.8 Å². The van der Waals surface area contributed by atoms with Crippen molar-refractivity contribution >= 4 is 5.71 Å². The molecule has 1 heterocycles. The maximum absolute atomic E-state index is 4.38. The molecule has 1 atom stereocenters. The smallest absolute Gasteiger partial charge is 0.0720 e. The van der Waals surface area contributed by atoms with E-state index in [1.54, 1.807) is 0 Å². The Bertz CT molecular complexity index is 629. The summed E-state index contributed by atoms with van der Waals surface area (Å²) >= 11 is 0. The Balaban J connectivity index is 2.23. The minimum atomic E-state index is 0.251. The van der Waals surface area contributed by atoms with Crippen LogP contribution in [0.25, 0.3) is 0 Å². The molecule has 0 amide bonds. The lowest BCUT2D eigenvalue weighted by atomic mass is 9.58. The second-order valence-electron chi connectivity index (χ2n) is 7.75. The summed E-state index contributed by atoms with van der Waals surface area (Å²) in [6, 6.07) is 4.82. The van der Waals surface area contributed by atoms with Crippen LogP contribution in [0.2, 0.25) is 0 Å². The lowest BCUT2D eigenvalue weighted by molar-refractivity contribution is 0.233. The van der Waals surface area contributed by atoms with Gasteiger partial charge in [0, 0.05) is 11.8 Å². The van der Waals surface area contributed by atoms with Crippen LogP contribution in [0.4, 0.5) is 0 Å². The molecule has 1 aliphatic carbocycles. The summed E-state index contributed by atoms with van der Waals surface area (Å²) in [6.45, 7) is 14.2. The molecule has 1 aromatic carbocycles.